The molecule has 1 heterocycles. The van der Waals surface area contributed by atoms with Crippen LogP contribution in [0.1, 0.15) is 37.8 Å². The Morgan fingerprint density at radius 3 is 2.60 bits per heavy atom. The number of amides is 1. The molecule has 20 heavy (non-hydrogen) atoms. The van der Waals surface area contributed by atoms with Gasteiger partial charge in [-0.15, -0.1) is 0 Å². The molecular weight excluding hydrogens is 257 g/mol. The Morgan fingerprint density at radius 1 is 1.45 bits per heavy atom. The van der Waals surface area contributed by atoms with Crippen LogP contribution in [0.15, 0.2) is 18.2 Å². The van der Waals surface area contributed by atoms with E-state index < -0.39 is 0 Å². The van der Waals surface area contributed by atoms with Crippen LogP contribution in [-0.4, -0.2) is 19.0 Å². The number of halogens is 1. The van der Waals surface area contributed by atoms with Gasteiger partial charge in [-0.05, 0) is 43.4 Å². The van der Waals surface area contributed by atoms with Crippen molar-refractivity contribution in [2.45, 2.75) is 32.2 Å². The van der Waals surface area contributed by atoms with Gasteiger partial charge >= 0.3 is 0 Å². The lowest BCUT2D eigenvalue weighted by molar-refractivity contribution is -0.119. The van der Waals surface area contributed by atoms with Crippen molar-refractivity contribution in [3.8, 4) is 0 Å². The monoisotopic (exact) mass is 279 g/mol. The first-order valence-electron chi connectivity index (χ1n) is 7.05. The third kappa shape index (κ3) is 3.48. The van der Waals surface area contributed by atoms with Crippen LogP contribution < -0.4 is 16.4 Å². The van der Waals surface area contributed by atoms with Crippen LogP contribution in [-0.2, 0) is 4.79 Å². The molecule has 1 aromatic carbocycles. The number of hydrogen-bond donors (Lipinski definition) is 2. The molecule has 4 nitrogen and oxygen atoms in total. The summed E-state index contributed by atoms with van der Waals surface area (Å²) in [5, 5.41) is 0. The first kappa shape index (κ1) is 14.8. The maximum Gasteiger partial charge on any atom is 0.217 e. The summed E-state index contributed by atoms with van der Waals surface area (Å²) in [5.74, 6) is -0.154. The minimum atomic E-state index is -0.254. The van der Waals surface area contributed by atoms with Crippen LogP contribution in [0.2, 0.25) is 0 Å². The van der Waals surface area contributed by atoms with Crippen LogP contribution >= 0.6 is 0 Å². The molecule has 1 fully saturated rings. The number of hydrogen-bond acceptors (Lipinski definition) is 3. The van der Waals surface area contributed by atoms with Crippen molar-refractivity contribution >= 4 is 11.6 Å². The van der Waals surface area contributed by atoms with Gasteiger partial charge in [0.2, 0.25) is 5.91 Å². The topological polar surface area (TPSA) is 72.3 Å². The third-order valence-corrected chi connectivity index (χ3v) is 3.94. The molecule has 1 aliphatic heterocycles. The summed E-state index contributed by atoms with van der Waals surface area (Å²) in [7, 11) is 0. The largest absolute Gasteiger partial charge is 0.370 e. The van der Waals surface area contributed by atoms with Gasteiger partial charge in [-0.25, -0.2) is 4.39 Å². The first-order valence-corrected chi connectivity index (χ1v) is 7.05. The van der Waals surface area contributed by atoms with Gasteiger partial charge in [0, 0.05) is 25.6 Å². The third-order valence-electron chi connectivity index (χ3n) is 3.94. The van der Waals surface area contributed by atoms with Crippen LogP contribution in [0, 0.1) is 11.7 Å². The van der Waals surface area contributed by atoms with Crippen molar-refractivity contribution in [3.05, 3.63) is 29.6 Å². The minimum absolute atomic E-state index is 0.167. The minimum Gasteiger partial charge on any atom is -0.370 e. The Kier molecular flexibility index (Phi) is 4.60. The molecule has 1 unspecified atom stereocenters. The lowest BCUT2D eigenvalue weighted by Crippen LogP contribution is -2.35. The Bertz CT molecular complexity index is 482. The number of piperidine rings is 1. The van der Waals surface area contributed by atoms with Crippen LogP contribution in [0.3, 0.4) is 0 Å². The number of benzene rings is 1. The highest BCUT2D eigenvalue weighted by Crippen LogP contribution is 2.28. The SMILES string of the molecule is CC(N)c1ccc(N2CCC(CC(N)=O)CC2)c(F)c1. The predicted octanol–water partition coefficient (Wildman–Crippen LogP) is 1.94. The zero-order chi connectivity index (χ0) is 14.7. The molecule has 4 N–H and O–H groups in total. The van der Waals surface area contributed by atoms with Crippen LogP contribution in [0.4, 0.5) is 10.1 Å². The molecule has 0 bridgehead atoms. The molecule has 1 aromatic rings. The molecule has 1 aliphatic rings. The van der Waals surface area contributed by atoms with E-state index in [2.05, 4.69) is 0 Å². The second-order valence-corrected chi connectivity index (χ2v) is 5.60. The van der Waals surface area contributed by atoms with E-state index in [1.54, 1.807) is 6.07 Å². The second kappa shape index (κ2) is 6.22. The number of rotatable bonds is 4. The Hall–Kier alpha value is -1.62. The fraction of sp³-hybridized carbons (Fsp3) is 0.533. The average molecular weight is 279 g/mol. The highest BCUT2D eigenvalue weighted by molar-refractivity contribution is 5.74. The summed E-state index contributed by atoms with van der Waals surface area (Å²) in [6.07, 6.45) is 2.18. The summed E-state index contributed by atoms with van der Waals surface area (Å²) >= 11 is 0. The highest BCUT2D eigenvalue weighted by atomic mass is 19.1. The van der Waals surface area contributed by atoms with Gasteiger partial charge in [-0.3, -0.25) is 4.79 Å². The molecule has 1 amide bonds. The van der Waals surface area contributed by atoms with Crippen LogP contribution in [0.25, 0.3) is 0 Å². The average Bonchev–Trinajstić information content (AvgIpc) is 2.39. The lowest BCUT2D eigenvalue weighted by atomic mass is 9.93. The van der Waals surface area contributed by atoms with Crippen molar-refractivity contribution in [2.75, 3.05) is 18.0 Å². The molecule has 110 valence electrons. The zero-order valence-electron chi connectivity index (χ0n) is 11.8. The molecule has 0 spiro atoms. The van der Waals surface area contributed by atoms with Gasteiger partial charge in [0.15, 0.2) is 0 Å². The molecule has 0 radical (unpaired) electrons. The number of primary amides is 1. The lowest BCUT2D eigenvalue weighted by Gasteiger charge is -2.33. The van der Waals surface area contributed by atoms with Crippen molar-refractivity contribution in [3.63, 3.8) is 0 Å². The second-order valence-electron chi connectivity index (χ2n) is 5.60. The smallest absolute Gasteiger partial charge is 0.217 e. The molecule has 0 aromatic heterocycles. The van der Waals surface area contributed by atoms with Gasteiger partial charge in [-0.1, -0.05) is 6.07 Å². The molecule has 1 saturated heterocycles. The quantitative estimate of drug-likeness (QED) is 0.884. The first-order chi connectivity index (χ1) is 9.47. The summed E-state index contributed by atoms with van der Waals surface area (Å²) in [6, 6.07) is 5.01. The van der Waals surface area contributed by atoms with E-state index in [-0.39, 0.29) is 17.8 Å². The molecular formula is C15H22FN3O. The van der Waals surface area contributed by atoms with E-state index >= 15 is 0 Å². The summed E-state index contributed by atoms with van der Waals surface area (Å²) in [5.41, 5.74) is 12.4. The van der Waals surface area contributed by atoms with Gasteiger partial charge in [0.05, 0.1) is 5.69 Å². The van der Waals surface area contributed by atoms with Crippen molar-refractivity contribution in [1.82, 2.24) is 0 Å². The Morgan fingerprint density at radius 2 is 2.10 bits per heavy atom. The molecule has 2 rings (SSSR count). The number of nitrogens with zero attached hydrogens (tertiary/aromatic N) is 1. The van der Waals surface area contributed by atoms with Gasteiger partial charge in [-0.2, -0.15) is 0 Å². The molecule has 5 heteroatoms. The number of nitrogens with two attached hydrogens (primary N) is 2. The van der Waals surface area contributed by atoms with E-state index in [0.29, 0.717) is 18.0 Å². The van der Waals surface area contributed by atoms with Crippen molar-refractivity contribution in [1.29, 1.82) is 0 Å². The maximum absolute atomic E-state index is 14.1. The molecule has 1 atom stereocenters. The van der Waals surface area contributed by atoms with Crippen molar-refractivity contribution < 1.29 is 9.18 Å². The fourth-order valence-electron chi connectivity index (χ4n) is 2.73. The Labute approximate surface area is 118 Å². The standard InChI is InChI=1S/C15H22FN3O/c1-10(17)12-2-3-14(13(16)9-12)19-6-4-11(5-7-19)8-15(18)20/h2-3,9-11H,4-8,17H2,1H3,(H2,18,20). The Balaban J connectivity index is 2.02. The van der Waals surface area contributed by atoms with E-state index in [0.717, 1.165) is 31.5 Å². The predicted molar refractivity (Wildman–Crippen MR) is 77.8 cm³/mol. The van der Waals surface area contributed by atoms with E-state index in [9.17, 15) is 9.18 Å². The summed E-state index contributed by atoms with van der Waals surface area (Å²) in [6.45, 7) is 3.35. The number of anilines is 1. The fourth-order valence-corrected chi connectivity index (χ4v) is 2.73. The molecule has 0 saturated carbocycles. The van der Waals surface area contributed by atoms with Crippen LogP contribution in [0.5, 0.6) is 0 Å². The summed E-state index contributed by atoms with van der Waals surface area (Å²) in [4.78, 5) is 12.9. The number of carbonyl (C=O) groups is 1. The highest BCUT2D eigenvalue weighted by Gasteiger charge is 2.22. The van der Waals surface area contributed by atoms with E-state index in [1.807, 2.05) is 17.9 Å². The van der Waals surface area contributed by atoms with Gasteiger partial charge in [0.1, 0.15) is 5.82 Å². The van der Waals surface area contributed by atoms with E-state index in [4.69, 9.17) is 11.5 Å². The summed E-state index contributed by atoms with van der Waals surface area (Å²) < 4.78 is 14.1. The zero-order valence-corrected chi connectivity index (χ0v) is 11.8. The van der Waals surface area contributed by atoms with E-state index in [1.165, 1.54) is 6.07 Å². The van der Waals surface area contributed by atoms with Crippen molar-refractivity contribution in [2.24, 2.45) is 17.4 Å². The molecule has 0 aliphatic carbocycles. The normalized spacial score (nSPS) is 18.1. The number of carbonyl (C=O) groups excluding carboxylic acids is 1. The van der Waals surface area contributed by atoms with Gasteiger partial charge in [0.25, 0.3) is 0 Å². The maximum atomic E-state index is 14.1. The van der Waals surface area contributed by atoms with Gasteiger partial charge < -0.3 is 16.4 Å².